The molecule has 3 aromatic heterocycles. The standard InChI is InChI=1S/C12H9N5/c13-12-9-1-2-14-6-8(9)5-10(17-12)11-7-15-3-4-16-11/h1-7H,(H2,13,17). The molecule has 0 aromatic carbocycles. The van der Waals surface area contributed by atoms with E-state index in [9.17, 15) is 0 Å². The van der Waals surface area contributed by atoms with Gasteiger partial charge in [-0.05, 0) is 12.1 Å². The predicted octanol–water partition coefficient (Wildman–Crippen LogP) is 1.67. The van der Waals surface area contributed by atoms with E-state index in [0.29, 0.717) is 17.2 Å². The SMILES string of the molecule is Nc1nc(-c2cnccn2)cc2cnccc12. The predicted molar refractivity (Wildman–Crippen MR) is 65.0 cm³/mol. The zero-order valence-electron chi connectivity index (χ0n) is 8.91. The normalized spacial score (nSPS) is 10.6. The average molecular weight is 223 g/mol. The summed E-state index contributed by atoms with van der Waals surface area (Å²) in [5.74, 6) is 0.477. The maximum absolute atomic E-state index is 5.91. The molecule has 5 nitrogen and oxygen atoms in total. The number of nitrogens with two attached hydrogens (primary N) is 1. The summed E-state index contributed by atoms with van der Waals surface area (Å²) in [6.07, 6.45) is 8.36. The number of rotatable bonds is 1. The molecule has 82 valence electrons. The molecule has 3 rings (SSSR count). The highest BCUT2D eigenvalue weighted by Crippen LogP contribution is 2.23. The Morgan fingerprint density at radius 1 is 0.941 bits per heavy atom. The van der Waals surface area contributed by atoms with Crippen molar-refractivity contribution in [3.8, 4) is 11.4 Å². The minimum atomic E-state index is 0.477. The largest absolute Gasteiger partial charge is 0.383 e. The summed E-state index contributed by atoms with van der Waals surface area (Å²) in [6, 6.07) is 3.75. The van der Waals surface area contributed by atoms with Crippen molar-refractivity contribution in [2.24, 2.45) is 0 Å². The molecule has 0 aliphatic rings. The summed E-state index contributed by atoms with van der Waals surface area (Å²) in [4.78, 5) is 16.6. The minimum Gasteiger partial charge on any atom is -0.383 e. The smallest absolute Gasteiger partial charge is 0.132 e. The molecule has 5 heteroatoms. The van der Waals surface area contributed by atoms with Crippen molar-refractivity contribution < 1.29 is 0 Å². The second kappa shape index (κ2) is 3.79. The second-order valence-electron chi connectivity index (χ2n) is 3.58. The Balaban J connectivity index is 2.26. The molecule has 3 aromatic rings. The zero-order chi connectivity index (χ0) is 11.7. The third kappa shape index (κ3) is 1.67. The molecule has 0 unspecified atom stereocenters. The van der Waals surface area contributed by atoms with Gasteiger partial charge in [-0.1, -0.05) is 0 Å². The van der Waals surface area contributed by atoms with Crippen LogP contribution in [0.3, 0.4) is 0 Å². The van der Waals surface area contributed by atoms with Crippen LogP contribution in [0, 0.1) is 0 Å². The van der Waals surface area contributed by atoms with Crippen LogP contribution in [0.1, 0.15) is 0 Å². The van der Waals surface area contributed by atoms with Gasteiger partial charge in [0.25, 0.3) is 0 Å². The molecule has 0 atom stereocenters. The maximum atomic E-state index is 5.91. The van der Waals surface area contributed by atoms with Gasteiger partial charge in [0.05, 0.1) is 11.9 Å². The third-order valence-electron chi connectivity index (χ3n) is 2.49. The van der Waals surface area contributed by atoms with Gasteiger partial charge in [-0.25, -0.2) is 4.98 Å². The molecule has 3 heterocycles. The van der Waals surface area contributed by atoms with Crippen molar-refractivity contribution in [3.05, 3.63) is 43.1 Å². The first-order chi connectivity index (χ1) is 8.34. The Kier molecular flexibility index (Phi) is 2.15. The number of aromatic nitrogens is 4. The molecular formula is C12H9N5. The van der Waals surface area contributed by atoms with Gasteiger partial charge >= 0.3 is 0 Å². The van der Waals surface area contributed by atoms with Crippen LogP contribution in [0.5, 0.6) is 0 Å². The van der Waals surface area contributed by atoms with Crippen molar-refractivity contribution >= 4 is 16.6 Å². The highest BCUT2D eigenvalue weighted by molar-refractivity contribution is 5.92. The fraction of sp³-hybridized carbons (Fsp3) is 0. The van der Waals surface area contributed by atoms with Gasteiger partial charge in [0.2, 0.25) is 0 Å². The van der Waals surface area contributed by atoms with Gasteiger partial charge in [0.15, 0.2) is 0 Å². The number of nitrogen functional groups attached to an aromatic ring is 1. The zero-order valence-corrected chi connectivity index (χ0v) is 8.91. The number of hydrogen-bond acceptors (Lipinski definition) is 5. The molecule has 17 heavy (non-hydrogen) atoms. The molecule has 0 spiro atoms. The lowest BCUT2D eigenvalue weighted by Gasteiger charge is -2.04. The van der Waals surface area contributed by atoms with Crippen LogP contribution in [-0.4, -0.2) is 19.9 Å². The quantitative estimate of drug-likeness (QED) is 0.679. The average Bonchev–Trinajstić information content (AvgIpc) is 2.40. The van der Waals surface area contributed by atoms with E-state index >= 15 is 0 Å². The summed E-state index contributed by atoms with van der Waals surface area (Å²) in [5, 5.41) is 1.84. The summed E-state index contributed by atoms with van der Waals surface area (Å²) in [6.45, 7) is 0. The Morgan fingerprint density at radius 3 is 2.65 bits per heavy atom. The molecule has 0 fully saturated rings. The van der Waals surface area contributed by atoms with Crippen LogP contribution in [0.15, 0.2) is 43.1 Å². The van der Waals surface area contributed by atoms with Crippen molar-refractivity contribution in [1.82, 2.24) is 19.9 Å². The molecule has 0 bridgehead atoms. The monoisotopic (exact) mass is 223 g/mol. The van der Waals surface area contributed by atoms with Gasteiger partial charge in [-0.2, -0.15) is 0 Å². The van der Waals surface area contributed by atoms with E-state index in [1.165, 1.54) is 0 Å². The topological polar surface area (TPSA) is 77.6 Å². The number of fused-ring (bicyclic) bond motifs is 1. The summed E-state index contributed by atoms with van der Waals surface area (Å²) in [5.41, 5.74) is 7.31. The third-order valence-corrected chi connectivity index (χ3v) is 2.49. The van der Waals surface area contributed by atoms with Crippen molar-refractivity contribution in [2.45, 2.75) is 0 Å². The molecule has 0 radical (unpaired) electrons. The van der Waals surface area contributed by atoms with Gasteiger partial charge in [0.1, 0.15) is 11.5 Å². The van der Waals surface area contributed by atoms with Gasteiger partial charge in [0, 0.05) is 35.6 Å². The lowest BCUT2D eigenvalue weighted by molar-refractivity contribution is 1.18. The van der Waals surface area contributed by atoms with Crippen LogP contribution in [-0.2, 0) is 0 Å². The summed E-state index contributed by atoms with van der Waals surface area (Å²) >= 11 is 0. The number of nitrogens with zero attached hydrogens (tertiary/aromatic N) is 4. The van der Waals surface area contributed by atoms with Gasteiger partial charge < -0.3 is 5.73 Å². The molecule has 0 amide bonds. The second-order valence-corrected chi connectivity index (χ2v) is 3.58. The van der Waals surface area contributed by atoms with Gasteiger partial charge in [-0.3, -0.25) is 15.0 Å². The molecule has 0 aliphatic carbocycles. The Bertz CT molecular complexity index is 666. The molecule has 2 N–H and O–H groups in total. The van der Waals surface area contributed by atoms with Crippen LogP contribution in [0.2, 0.25) is 0 Å². The van der Waals surface area contributed by atoms with E-state index in [1.807, 2.05) is 12.1 Å². The van der Waals surface area contributed by atoms with Crippen LogP contribution < -0.4 is 5.73 Å². The maximum Gasteiger partial charge on any atom is 0.132 e. The van der Waals surface area contributed by atoms with E-state index in [2.05, 4.69) is 19.9 Å². The van der Waals surface area contributed by atoms with E-state index in [1.54, 1.807) is 31.0 Å². The van der Waals surface area contributed by atoms with E-state index in [-0.39, 0.29) is 0 Å². The molecule has 0 saturated heterocycles. The first-order valence-corrected chi connectivity index (χ1v) is 5.11. The summed E-state index contributed by atoms with van der Waals surface area (Å²) in [7, 11) is 0. The highest BCUT2D eigenvalue weighted by atomic mass is 14.9. The number of anilines is 1. The Labute approximate surface area is 97.4 Å². The number of hydrogen-bond donors (Lipinski definition) is 1. The fourth-order valence-electron chi connectivity index (χ4n) is 1.69. The van der Waals surface area contributed by atoms with Crippen molar-refractivity contribution in [3.63, 3.8) is 0 Å². The van der Waals surface area contributed by atoms with Crippen molar-refractivity contribution in [2.75, 3.05) is 5.73 Å². The fourth-order valence-corrected chi connectivity index (χ4v) is 1.69. The van der Waals surface area contributed by atoms with Crippen LogP contribution >= 0.6 is 0 Å². The first kappa shape index (κ1) is 9.65. The lowest BCUT2D eigenvalue weighted by Crippen LogP contribution is -1.96. The number of pyridine rings is 2. The van der Waals surface area contributed by atoms with Crippen LogP contribution in [0.25, 0.3) is 22.2 Å². The van der Waals surface area contributed by atoms with Gasteiger partial charge in [-0.15, -0.1) is 0 Å². The molecule has 0 saturated carbocycles. The molecular weight excluding hydrogens is 214 g/mol. The first-order valence-electron chi connectivity index (χ1n) is 5.11. The van der Waals surface area contributed by atoms with E-state index in [0.717, 1.165) is 10.8 Å². The Morgan fingerprint density at radius 2 is 1.82 bits per heavy atom. The Hall–Kier alpha value is -2.56. The minimum absolute atomic E-state index is 0.477. The van der Waals surface area contributed by atoms with E-state index in [4.69, 9.17) is 5.73 Å². The van der Waals surface area contributed by atoms with E-state index < -0.39 is 0 Å². The molecule has 0 aliphatic heterocycles. The van der Waals surface area contributed by atoms with Crippen molar-refractivity contribution in [1.29, 1.82) is 0 Å². The lowest BCUT2D eigenvalue weighted by atomic mass is 10.1. The highest BCUT2D eigenvalue weighted by Gasteiger charge is 2.06. The summed E-state index contributed by atoms with van der Waals surface area (Å²) < 4.78 is 0. The van der Waals surface area contributed by atoms with Crippen LogP contribution in [0.4, 0.5) is 5.82 Å².